The van der Waals surface area contributed by atoms with Gasteiger partial charge in [-0.15, -0.1) is 0 Å². The van der Waals surface area contributed by atoms with Crippen molar-refractivity contribution in [3.63, 3.8) is 0 Å². The highest BCUT2D eigenvalue weighted by Gasteiger charge is 2.55. The Labute approximate surface area is 129 Å². The Hall–Kier alpha value is -0.340. The molecular formula is C19H32O2. The zero-order valence-electron chi connectivity index (χ0n) is 13.9. The van der Waals surface area contributed by atoms with E-state index in [1.807, 2.05) is 0 Å². The molecule has 0 aliphatic heterocycles. The van der Waals surface area contributed by atoms with Gasteiger partial charge in [0.15, 0.2) is 0 Å². The molecule has 0 amide bonds. The second-order valence-corrected chi connectivity index (χ2v) is 8.78. The predicted molar refractivity (Wildman–Crippen MR) is 85.9 cm³/mol. The number of allylic oxidation sites excluding steroid dienone is 1. The van der Waals surface area contributed by atoms with Gasteiger partial charge in [0.25, 0.3) is 0 Å². The molecule has 0 bridgehead atoms. The molecule has 2 fully saturated rings. The number of hydrogen-bond donors (Lipinski definition) is 2. The summed E-state index contributed by atoms with van der Waals surface area (Å²) in [5.41, 5.74) is 1.86. The second-order valence-electron chi connectivity index (χ2n) is 8.78. The minimum Gasteiger partial charge on any atom is -0.392 e. The average molecular weight is 292 g/mol. The molecule has 21 heavy (non-hydrogen) atoms. The van der Waals surface area contributed by atoms with Crippen LogP contribution in [0.25, 0.3) is 0 Å². The van der Waals surface area contributed by atoms with Crippen molar-refractivity contribution in [3.05, 3.63) is 11.6 Å². The van der Waals surface area contributed by atoms with E-state index < -0.39 is 0 Å². The van der Waals surface area contributed by atoms with E-state index in [2.05, 4.69) is 26.8 Å². The van der Waals surface area contributed by atoms with Gasteiger partial charge < -0.3 is 10.2 Å². The van der Waals surface area contributed by atoms with Gasteiger partial charge in [-0.1, -0.05) is 33.3 Å². The van der Waals surface area contributed by atoms with E-state index in [9.17, 15) is 10.2 Å². The molecule has 0 aromatic heterocycles. The third-order valence-corrected chi connectivity index (χ3v) is 7.26. The standard InChI is InChI=1S/C19H32O2/c1-18(2)9-4-10-19(3)15-7-5-13(12-20)11-16(21)14(15)6-8-17(18)19/h5,14-17,20-21H,4,6-12H2,1-3H3/t14-,15+,16+,17+,19-/m1/s1. The van der Waals surface area contributed by atoms with Crippen LogP contribution in [0.1, 0.15) is 65.7 Å². The highest BCUT2D eigenvalue weighted by Crippen LogP contribution is 2.63. The van der Waals surface area contributed by atoms with Crippen LogP contribution >= 0.6 is 0 Å². The van der Waals surface area contributed by atoms with E-state index in [0.717, 1.165) is 17.9 Å². The highest BCUT2D eigenvalue weighted by molar-refractivity contribution is 5.13. The van der Waals surface area contributed by atoms with Gasteiger partial charge in [-0.3, -0.25) is 0 Å². The second kappa shape index (κ2) is 5.38. The van der Waals surface area contributed by atoms with Crippen molar-refractivity contribution in [2.45, 2.75) is 71.8 Å². The summed E-state index contributed by atoms with van der Waals surface area (Å²) in [5, 5.41) is 20.1. The van der Waals surface area contributed by atoms with Gasteiger partial charge >= 0.3 is 0 Å². The molecule has 0 saturated heterocycles. The Morgan fingerprint density at radius 2 is 1.95 bits per heavy atom. The summed E-state index contributed by atoms with van der Waals surface area (Å²) in [6.07, 6.45) is 10.2. The third-order valence-electron chi connectivity index (χ3n) is 7.26. The van der Waals surface area contributed by atoms with Crippen LogP contribution in [0.5, 0.6) is 0 Å². The number of hydrogen-bond acceptors (Lipinski definition) is 2. The molecule has 120 valence electrons. The summed E-state index contributed by atoms with van der Waals surface area (Å²) in [6, 6.07) is 0. The summed E-state index contributed by atoms with van der Waals surface area (Å²) in [7, 11) is 0. The third kappa shape index (κ3) is 2.49. The van der Waals surface area contributed by atoms with Crippen LogP contribution in [-0.4, -0.2) is 22.9 Å². The van der Waals surface area contributed by atoms with Gasteiger partial charge in [0.1, 0.15) is 0 Å². The van der Waals surface area contributed by atoms with Crippen LogP contribution in [0, 0.1) is 28.6 Å². The maximum absolute atomic E-state index is 10.7. The Bertz CT molecular complexity index is 425. The van der Waals surface area contributed by atoms with Crippen molar-refractivity contribution in [2.24, 2.45) is 28.6 Å². The van der Waals surface area contributed by atoms with E-state index >= 15 is 0 Å². The Morgan fingerprint density at radius 3 is 2.67 bits per heavy atom. The number of aliphatic hydroxyl groups excluding tert-OH is 2. The van der Waals surface area contributed by atoms with Gasteiger partial charge in [0.05, 0.1) is 12.7 Å². The molecule has 0 heterocycles. The Balaban J connectivity index is 1.94. The maximum Gasteiger partial charge on any atom is 0.0642 e. The Kier molecular flexibility index (Phi) is 3.99. The zero-order chi connectivity index (χ0) is 15.3. The number of aliphatic hydroxyl groups is 2. The van der Waals surface area contributed by atoms with E-state index in [1.54, 1.807) is 0 Å². The Morgan fingerprint density at radius 1 is 1.19 bits per heavy atom. The minimum absolute atomic E-state index is 0.113. The van der Waals surface area contributed by atoms with E-state index in [1.165, 1.54) is 32.1 Å². The molecule has 3 rings (SSSR count). The lowest BCUT2D eigenvalue weighted by Gasteiger charge is -2.59. The van der Waals surface area contributed by atoms with Crippen LogP contribution in [0.2, 0.25) is 0 Å². The van der Waals surface area contributed by atoms with Crippen molar-refractivity contribution in [2.75, 3.05) is 6.61 Å². The smallest absolute Gasteiger partial charge is 0.0642 e. The summed E-state index contributed by atoms with van der Waals surface area (Å²) < 4.78 is 0. The molecule has 0 radical (unpaired) electrons. The molecule has 5 atom stereocenters. The first-order chi connectivity index (χ1) is 9.88. The van der Waals surface area contributed by atoms with Crippen molar-refractivity contribution in [1.29, 1.82) is 0 Å². The normalized spacial score (nSPS) is 46.0. The summed E-state index contributed by atoms with van der Waals surface area (Å²) in [6.45, 7) is 7.52. The molecule has 2 nitrogen and oxygen atoms in total. The van der Waals surface area contributed by atoms with Gasteiger partial charge in [0.2, 0.25) is 0 Å². The highest BCUT2D eigenvalue weighted by atomic mass is 16.3. The summed E-state index contributed by atoms with van der Waals surface area (Å²) >= 11 is 0. The first-order valence-corrected chi connectivity index (χ1v) is 8.85. The number of fused-ring (bicyclic) bond motifs is 3. The molecule has 0 aromatic carbocycles. The van der Waals surface area contributed by atoms with Crippen LogP contribution in [0.4, 0.5) is 0 Å². The molecule has 2 N–H and O–H groups in total. The van der Waals surface area contributed by atoms with Crippen LogP contribution in [0.3, 0.4) is 0 Å². The maximum atomic E-state index is 10.7. The molecule has 3 aliphatic carbocycles. The average Bonchev–Trinajstić information content (AvgIpc) is 2.58. The molecule has 0 spiro atoms. The van der Waals surface area contributed by atoms with Crippen LogP contribution in [0.15, 0.2) is 11.6 Å². The molecular weight excluding hydrogens is 260 g/mol. The zero-order valence-corrected chi connectivity index (χ0v) is 13.9. The van der Waals surface area contributed by atoms with Gasteiger partial charge in [-0.05, 0) is 72.7 Å². The first-order valence-electron chi connectivity index (χ1n) is 8.85. The van der Waals surface area contributed by atoms with Crippen molar-refractivity contribution in [1.82, 2.24) is 0 Å². The predicted octanol–water partition coefficient (Wildman–Crippen LogP) is 3.92. The van der Waals surface area contributed by atoms with Gasteiger partial charge in [-0.2, -0.15) is 0 Å². The fourth-order valence-corrected chi connectivity index (χ4v) is 6.21. The van der Waals surface area contributed by atoms with Gasteiger partial charge in [0, 0.05) is 0 Å². The molecule has 2 saturated carbocycles. The van der Waals surface area contributed by atoms with Crippen molar-refractivity contribution < 1.29 is 10.2 Å². The first kappa shape index (κ1) is 15.6. The minimum atomic E-state index is -0.251. The quantitative estimate of drug-likeness (QED) is 0.719. The molecule has 0 aromatic rings. The van der Waals surface area contributed by atoms with E-state index in [0.29, 0.717) is 29.1 Å². The van der Waals surface area contributed by atoms with E-state index in [4.69, 9.17) is 0 Å². The molecule has 3 aliphatic rings. The molecule has 2 heteroatoms. The summed E-state index contributed by atoms with van der Waals surface area (Å²) in [4.78, 5) is 0. The lowest BCUT2D eigenvalue weighted by molar-refractivity contribution is -0.118. The largest absolute Gasteiger partial charge is 0.392 e. The SMILES string of the molecule is CC1(C)CCC[C@]2(C)[C@H]3CC=C(CO)C[C@H](O)[C@@H]3CC[C@@H]12. The topological polar surface area (TPSA) is 40.5 Å². The van der Waals surface area contributed by atoms with Crippen LogP contribution < -0.4 is 0 Å². The lowest BCUT2D eigenvalue weighted by atomic mass is 9.45. The fourth-order valence-electron chi connectivity index (χ4n) is 6.21. The van der Waals surface area contributed by atoms with Crippen molar-refractivity contribution in [3.8, 4) is 0 Å². The lowest BCUT2D eigenvalue weighted by Crippen LogP contribution is -2.53. The molecule has 0 unspecified atom stereocenters. The fraction of sp³-hybridized carbons (Fsp3) is 0.895. The van der Waals surface area contributed by atoms with E-state index in [-0.39, 0.29) is 12.7 Å². The summed E-state index contributed by atoms with van der Waals surface area (Å²) in [5.74, 6) is 1.81. The monoisotopic (exact) mass is 292 g/mol. The van der Waals surface area contributed by atoms with Crippen molar-refractivity contribution >= 4 is 0 Å². The van der Waals surface area contributed by atoms with Gasteiger partial charge in [-0.25, -0.2) is 0 Å². The van der Waals surface area contributed by atoms with Crippen LogP contribution in [-0.2, 0) is 0 Å². The number of rotatable bonds is 1.